The molecule has 6 heteroatoms. The van der Waals surface area contributed by atoms with E-state index in [-0.39, 0.29) is 22.4 Å². The number of hydrogen-bond donors (Lipinski definition) is 1. The molecule has 0 radical (unpaired) electrons. The highest BCUT2D eigenvalue weighted by molar-refractivity contribution is 6.33. The minimum atomic E-state index is -1.24. The van der Waals surface area contributed by atoms with Crippen LogP contribution in [0.2, 0.25) is 5.02 Å². The molecule has 0 aliphatic carbocycles. The quantitative estimate of drug-likeness (QED) is 0.782. The number of nitrogens with zero attached hydrogens (tertiary/aromatic N) is 2. The molecule has 0 saturated carbocycles. The molecule has 0 spiro atoms. The second-order valence-corrected chi connectivity index (χ2v) is 4.74. The molecule has 0 unspecified atom stereocenters. The first kappa shape index (κ1) is 13.5. The lowest BCUT2D eigenvalue weighted by atomic mass is 10.0. The van der Waals surface area contributed by atoms with E-state index in [1.165, 1.54) is 18.3 Å². The normalized spacial score (nSPS) is 10.8. The van der Waals surface area contributed by atoms with Crippen molar-refractivity contribution < 1.29 is 14.3 Å². The van der Waals surface area contributed by atoms with E-state index in [9.17, 15) is 9.18 Å². The number of fused-ring (bicyclic) bond motifs is 1. The molecule has 0 aliphatic rings. The van der Waals surface area contributed by atoms with Crippen molar-refractivity contribution in [3.05, 3.63) is 59.1 Å². The van der Waals surface area contributed by atoms with Crippen LogP contribution in [-0.2, 0) is 0 Å². The molecule has 4 nitrogen and oxygen atoms in total. The fourth-order valence-corrected chi connectivity index (χ4v) is 2.28. The predicted octanol–water partition coefficient (Wildman–Crippen LogP) is 3.79. The molecular formula is C15H8ClFN2O2. The topological polar surface area (TPSA) is 63.1 Å². The summed E-state index contributed by atoms with van der Waals surface area (Å²) in [5.41, 5.74) is 0.265. The van der Waals surface area contributed by atoms with Gasteiger partial charge in [0.25, 0.3) is 0 Å². The molecule has 2 aromatic carbocycles. The van der Waals surface area contributed by atoms with E-state index in [0.29, 0.717) is 16.3 Å². The van der Waals surface area contributed by atoms with Gasteiger partial charge >= 0.3 is 5.97 Å². The lowest BCUT2D eigenvalue weighted by molar-refractivity contribution is 0.0690. The minimum Gasteiger partial charge on any atom is -0.476 e. The third kappa shape index (κ3) is 2.32. The lowest BCUT2D eigenvalue weighted by Crippen LogP contribution is -2.04. The Morgan fingerprint density at radius 3 is 2.57 bits per heavy atom. The molecule has 0 bridgehead atoms. The lowest BCUT2D eigenvalue weighted by Gasteiger charge is -2.07. The van der Waals surface area contributed by atoms with E-state index in [1.54, 1.807) is 24.3 Å². The van der Waals surface area contributed by atoms with Crippen LogP contribution in [0.5, 0.6) is 0 Å². The number of aromatic carboxylic acids is 1. The van der Waals surface area contributed by atoms with Crippen LogP contribution in [0.4, 0.5) is 4.39 Å². The van der Waals surface area contributed by atoms with Gasteiger partial charge in [0.1, 0.15) is 5.82 Å². The number of halogens is 2. The summed E-state index contributed by atoms with van der Waals surface area (Å²) in [6.07, 6.45) is 1.23. The Morgan fingerprint density at radius 2 is 1.86 bits per heavy atom. The number of hydrogen-bond acceptors (Lipinski definition) is 3. The van der Waals surface area contributed by atoms with E-state index < -0.39 is 5.97 Å². The van der Waals surface area contributed by atoms with Crippen LogP contribution in [-0.4, -0.2) is 21.0 Å². The molecule has 1 heterocycles. The van der Waals surface area contributed by atoms with E-state index in [0.717, 1.165) is 0 Å². The summed E-state index contributed by atoms with van der Waals surface area (Å²) in [5.74, 6) is -1.41. The second-order valence-electron chi connectivity index (χ2n) is 4.34. The average Bonchev–Trinajstić information content (AvgIpc) is 2.48. The summed E-state index contributed by atoms with van der Waals surface area (Å²) < 4.78 is 13.8. The Labute approximate surface area is 123 Å². The fraction of sp³-hybridized carbons (Fsp3) is 0. The van der Waals surface area contributed by atoms with Crippen molar-refractivity contribution in [3.8, 4) is 11.4 Å². The summed E-state index contributed by atoms with van der Waals surface area (Å²) in [4.78, 5) is 19.1. The molecule has 0 atom stereocenters. The first-order chi connectivity index (χ1) is 10.1. The van der Waals surface area contributed by atoms with Crippen molar-refractivity contribution in [3.63, 3.8) is 0 Å². The molecule has 0 aliphatic heterocycles. The molecule has 1 N–H and O–H groups in total. The molecule has 3 aromatic rings. The Bertz CT molecular complexity index is 867. The molecule has 1 aromatic heterocycles. The van der Waals surface area contributed by atoms with Gasteiger partial charge in [-0.3, -0.25) is 0 Å². The Kier molecular flexibility index (Phi) is 3.27. The summed E-state index contributed by atoms with van der Waals surface area (Å²) >= 11 is 5.76. The van der Waals surface area contributed by atoms with Crippen LogP contribution in [0.3, 0.4) is 0 Å². The molecule has 0 fully saturated rings. The van der Waals surface area contributed by atoms with Gasteiger partial charge in [0.15, 0.2) is 11.5 Å². The number of benzene rings is 2. The van der Waals surface area contributed by atoms with Crippen molar-refractivity contribution in [1.29, 1.82) is 0 Å². The van der Waals surface area contributed by atoms with Crippen molar-refractivity contribution >= 4 is 28.3 Å². The van der Waals surface area contributed by atoms with Gasteiger partial charge < -0.3 is 5.11 Å². The Hall–Kier alpha value is -2.53. The van der Waals surface area contributed by atoms with E-state index in [2.05, 4.69) is 9.97 Å². The number of aromatic nitrogens is 2. The molecule has 104 valence electrons. The van der Waals surface area contributed by atoms with Gasteiger partial charge in [-0.25, -0.2) is 19.2 Å². The van der Waals surface area contributed by atoms with Gasteiger partial charge in [0.2, 0.25) is 0 Å². The number of carbonyl (C=O) groups is 1. The van der Waals surface area contributed by atoms with E-state index >= 15 is 0 Å². The standard InChI is InChI=1S/C15H8ClFN2O2/c16-11-7-18-14(19-13(11)15(20)21)10-5-6-12(17)9-4-2-1-3-8(9)10/h1-7H,(H,20,21). The van der Waals surface area contributed by atoms with E-state index in [4.69, 9.17) is 16.7 Å². The summed E-state index contributed by atoms with van der Waals surface area (Å²) in [7, 11) is 0. The zero-order valence-electron chi connectivity index (χ0n) is 10.5. The van der Waals surface area contributed by atoms with Crippen molar-refractivity contribution in [2.75, 3.05) is 0 Å². The highest BCUT2D eigenvalue weighted by atomic mass is 35.5. The van der Waals surface area contributed by atoms with Crippen molar-refractivity contribution in [1.82, 2.24) is 9.97 Å². The monoisotopic (exact) mass is 302 g/mol. The van der Waals surface area contributed by atoms with Gasteiger partial charge in [0, 0.05) is 10.9 Å². The maximum Gasteiger partial charge on any atom is 0.356 e. The highest BCUT2D eigenvalue weighted by Crippen LogP contribution is 2.29. The summed E-state index contributed by atoms with van der Waals surface area (Å²) in [6, 6.07) is 9.68. The van der Waals surface area contributed by atoms with Crippen LogP contribution in [0, 0.1) is 5.82 Å². The average molecular weight is 303 g/mol. The van der Waals surface area contributed by atoms with Gasteiger partial charge in [0.05, 0.1) is 11.2 Å². The smallest absolute Gasteiger partial charge is 0.356 e. The minimum absolute atomic E-state index is 0.0438. The van der Waals surface area contributed by atoms with Gasteiger partial charge in [-0.15, -0.1) is 0 Å². The third-order valence-electron chi connectivity index (χ3n) is 3.06. The number of carboxylic acid groups (broad SMARTS) is 1. The molecular weight excluding hydrogens is 295 g/mol. The van der Waals surface area contributed by atoms with Crippen LogP contribution in [0.15, 0.2) is 42.6 Å². The summed E-state index contributed by atoms with van der Waals surface area (Å²) in [6.45, 7) is 0. The van der Waals surface area contributed by atoms with Crippen molar-refractivity contribution in [2.45, 2.75) is 0 Å². The van der Waals surface area contributed by atoms with Crippen molar-refractivity contribution in [2.24, 2.45) is 0 Å². The zero-order valence-corrected chi connectivity index (χ0v) is 11.3. The zero-order chi connectivity index (χ0) is 15.0. The molecule has 21 heavy (non-hydrogen) atoms. The van der Waals surface area contributed by atoms with Gasteiger partial charge in [-0.1, -0.05) is 35.9 Å². The van der Waals surface area contributed by atoms with Gasteiger partial charge in [-0.2, -0.15) is 0 Å². The highest BCUT2D eigenvalue weighted by Gasteiger charge is 2.15. The van der Waals surface area contributed by atoms with E-state index in [1.807, 2.05) is 0 Å². The van der Waals surface area contributed by atoms with Crippen LogP contribution in [0.25, 0.3) is 22.2 Å². The predicted molar refractivity (Wildman–Crippen MR) is 76.9 cm³/mol. The Balaban J connectivity index is 2.29. The summed E-state index contributed by atoms with van der Waals surface area (Å²) in [5, 5.41) is 10.0. The first-order valence-corrected chi connectivity index (χ1v) is 6.39. The maximum absolute atomic E-state index is 13.8. The van der Waals surface area contributed by atoms with Crippen LogP contribution in [0.1, 0.15) is 10.5 Å². The SMILES string of the molecule is O=C(O)c1nc(-c2ccc(F)c3ccccc23)ncc1Cl. The third-order valence-corrected chi connectivity index (χ3v) is 3.34. The maximum atomic E-state index is 13.8. The molecule has 3 rings (SSSR count). The molecule has 0 amide bonds. The van der Waals surface area contributed by atoms with Gasteiger partial charge in [-0.05, 0) is 17.5 Å². The fourth-order valence-electron chi connectivity index (χ4n) is 2.10. The number of carboxylic acids is 1. The molecule has 0 saturated heterocycles. The first-order valence-electron chi connectivity index (χ1n) is 6.01. The second kappa shape index (κ2) is 5.10. The Morgan fingerprint density at radius 1 is 1.14 bits per heavy atom. The number of rotatable bonds is 2. The van der Waals surface area contributed by atoms with Crippen LogP contribution >= 0.6 is 11.6 Å². The largest absolute Gasteiger partial charge is 0.476 e. The van der Waals surface area contributed by atoms with Crippen LogP contribution < -0.4 is 0 Å².